The Labute approximate surface area is 34.3 Å². The molecule has 0 nitrogen and oxygen atoms in total. The normalized spacial score (nSPS) is 7.40. The van der Waals surface area contributed by atoms with Crippen LogP contribution in [0.1, 0.15) is 6.92 Å². The van der Waals surface area contributed by atoms with Crippen molar-refractivity contribution in [3.8, 4) is 0 Å². The third-order valence-electron chi connectivity index (χ3n) is 0.348. The molecule has 0 atom stereocenters. The van der Waals surface area contributed by atoms with E-state index in [0.717, 1.165) is 5.57 Å². The van der Waals surface area contributed by atoms with Crippen LogP contribution in [0.3, 0.4) is 0 Å². The fourth-order valence-corrected chi connectivity index (χ4v) is 0. The smallest absolute Gasteiger partial charge is 0.0711 e. The maximum Gasteiger partial charge on any atom is 0.0711 e. The van der Waals surface area contributed by atoms with Crippen molar-refractivity contribution in [3.63, 3.8) is 0 Å². The zero-order valence-corrected chi connectivity index (χ0v) is 3.49. The lowest BCUT2D eigenvalue weighted by atomic mass is 10.00. The summed E-state index contributed by atoms with van der Waals surface area (Å²) in [4.78, 5) is 0. The van der Waals surface area contributed by atoms with Gasteiger partial charge in [-0.05, 0) is 6.92 Å². The van der Waals surface area contributed by atoms with Gasteiger partial charge >= 0.3 is 0 Å². The second-order valence-electron chi connectivity index (χ2n) is 1.16. The van der Waals surface area contributed by atoms with Crippen molar-refractivity contribution in [2.75, 3.05) is 0 Å². The van der Waals surface area contributed by atoms with E-state index in [-0.39, 0.29) is 0 Å². The highest BCUT2D eigenvalue weighted by Gasteiger charge is 1.67. The molecule has 0 aromatic carbocycles. The van der Waals surface area contributed by atoms with Crippen molar-refractivity contribution in [2.45, 2.75) is 13.2 Å². The summed E-state index contributed by atoms with van der Waals surface area (Å²) in [5.74, 6) is 0. The highest BCUT2D eigenvalue weighted by Crippen LogP contribution is 1.86. The molecule has 0 heterocycles. The van der Waals surface area contributed by atoms with Crippen LogP contribution in [0.4, 0.5) is 0 Å². The molecule has 0 saturated heterocycles. The summed E-state index contributed by atoms with van der Waals surface area (Å²) in [6, 6.07) is 0. The lowest BCUT2D eigenvalue weighted by molar-refractivity contribution is 1.41. The molecule has 1 heteroatoms. The van der Waals surface area contributed by atoms with Gasteiger partial charge in [0.05, 0.1) is 7.85 Å². The molecule has 0 aliphatic rings. The van der Waals surface area contributed by atoms with E-state index in [1.54, 1.807) is 0 Å². The minimum absolute atomic E-state index is 0.611. The Balaban J connectivity index is 2.85. The van der Waals surface area contributed by atoms with Gasteiger partial charge in [0, 0.05) is 0 Å². The lowest BCUT2D eigenvalue weighted by Gasteiger charge is -1.79. The Bertz CT molecular complexity index is 38.9. The number of rotatable bonds is 1. The molecule has 5 heavy (non-hydrogen) atoms. The van der Waals surface area contributed by atoms with Gasteiger partial charge in [0.25, 0.3) is 0 Å². The molecule has 0 rings (SSSR count). The first-order valence-electron chi connectivity index (χ1n) is 1.62. The SMILES string of the molecule is [B]CC(=C)C. The van der Waals surface area contributed by atoms with Crippen molar-refractivity contribution in [1.82, 2.24) is 0 Å². The summed E-state index contributed by atoms with van der Waals surface area (Å²) in [6.45, 7) is 5.45. The van der Waals surface area contributed by atoms with E-state index in [1.807, 2.05) is 6.92 Å². The zero-order chi connectivity index (χ0) is 4.28. The molecular weight excluding hydrogens is 58.9 g/mol. The Morgan fingerprint density at radius 2 is 2.20 bits per heavy atom. The predicted octanol–water partition coefficient (Wildman–Crippen LogP) is 1.15. The first-order chi connectivity index (χ1) is 2.27. The summed E-state index contributed by atoms with van der Waals surface area (Å²) < 4.78 is 0. The van der Waals surface area contributed by atoms with Crippen LogP contribution in [-0.4, -0.2) is 7.85 Å². The van der Waals surface area contributed by atoms with E-state index in [0.29, 0.717) is 6.32 Å². The van der Waals surface area contributed by atoms with E-state index < -0.39 is 0 Å². The fourth-order valence-electron chi connectivity index (χ4n) is 0. The van der Waals surface area contributed by atoms with Gasteiger partial charge in [0.2, 0.25) is 0 Å². The molecule has 0 unspecified atom stereocenters. The monoisotopic (exact) mass is 66.1 g/mol. The summed E-state index contributed by atoms with van der Waals surface area (Å²) in [6.07, 6.45) is 0.611. The molecule has 0 spiro atoms. The lowest BCUT2D eigenvalue weighted by Crippen LogP contribution is -1.63. The van der Waals surface area contributed by atoms with Crippen molar-refractivity contribution in [1.29, 1.82) is 0 Å². The van der Waals surface area contributed by atoms with Crippen molar-refractivity contribution >= 4 is 7.85 Å². The van der Waals surface area contributed by atoms with Gasteiger partial charge in [-0.15, -0.1) is 6.58 Å². The first kappa shape index (κ1) is 4.80. The third kappa shape index (κ3) is 3.80. The highest BCUT2D eigenvalue weighted by molar-refractivity contribution is 6.10. The second kappa shape index (κ2) is 2.07. The van der Waals surface area contributed by atoms with Gasteiger partial charge in [0.1, 0.15) is 0 Å². The molecule has 0 amide bonds. The van der Waals surface area contributed by atoms with Gasteiger partial charge in [-0.2, -0.15) is 0 Å². The average Bonchev–Trinajstić information content (AvgIpc) is 1.38. The Kier molecular flexibility index (Phi) is 1.99. The molecule has 0 saturated carbocycles. The second-order valence-corrected chi connectivity index (χ2v) is 1.16. The number of hydrogen-bond acceptors (Lipinski definition) is 0. The van der Waals surface area contributed by atoms with Crippen LogP contribution in [0.2, 0.25) is 6.32 Å². The van der Waals surface area contributed by atoms with E-state index in [9.17, 15) is 0 Å². The third-order valence-corrected chi connectivity index (χ3v) is 0.348. The predicted molar refractivity (Wildman–Crippen MR) is 25.4 cm³/mol. The molecule has 0 fully saturated rings. The van der Waals surface area contributed by atoms with Crippen LogP contribution < -0.4 is 0 Å². The van der Waals surface area contributed by atoms with E-state index in [2.05, 4.69) is 6.58 Å². The Morgan fingerprint density at radius 1 is 2.00 bits per heavy atom. The van der Waals surface area contributed by atoms with E-state index >= 15 is 0 Å². The number of allylic oxidation sites excluding steroid dienone is 1. The van der Waals surface area contributed by atoms with Crippen LogP contribution in [0, 0.1) is 0 Å². The van der Waals surface area contributed by atoms with Gasteiger partial charge < -0.3 is 0 Å². The minimum Gasteiger partial charge on any atom is -0.101 e. The molecule has 2 radical (unpaired) electrons. The molecule has 0 aliphatic carbocycles. The van der Waals surface area contributed by atoms with Crippen LogP contribution in [0.25, 0.3) is 0 Å². The van der Waals surface area contributed by atoms with Crippen molar-refractivity contribution < 1.29 is 0 Å². The molecule has 0 N–H and O–H groups in total. The summed E-state index contributed by atoms with van der Waals surface area (Å²) in [5, 5.41) is 0. The van der Waals surface area contributed by atoms with Crippen molar-refractivity contribution in [3.05, 3.63) is 12.2 Å². The largest absolute Gasteiger partial charge is 0.101 e. The fraction of sp³-hybridized carbons (Fsp3) is 0.500. The maximum atomic E-state index is 5.07. The zero-order valence-electron chi connectivity index (χ0n) is 3.49. The molecule has 26 valence electrons. The van der Waals surface area contributed by atoms with E-state index in [4.69, 9.17) is 7.85 Å². The molecule has 0 aromatic rings. The molecular formula is C4H7B. The molecule has 0 aromatic heterocycles. The summed E-state index contributed by atoms with van der Waals surface area (Å²) >= 11 is 0. The topological polar surface area (TPSA) is 0 Å². The van der Waals surface area contributed by atoms with Crippen LogP contribution in [-0.2, 0) is 0 Å². The van der Waals surface area contributed by atoms with Gasteiger partial charge in [-0.1, -0.05) is 11.9 Å². The Hall–Kier alpha value is -0.195. The minimum atomic E-state index is 0.611. The standard InChI is InChI=1S/C4H7B/c1-4(2)3-5/h1,3H2,2H3. The van der Waals surface area contributed by atoms with E-state index in [1.165, 1.54) is 0 Å². The van der Waals surface area contributed by atoms with Gasteiger partial charge in [-0.25, -0.2) is 0 Å². The molecule has 0 bridgehead atoms. The van der Waals surface area contributed by atoms with Gasteiger partial charge in [0.15, 0.2) is 0 Å². The molecule has 0 aliphatic heterocycles. The maximum absolute atomic E-state index is 5.07. The quantitative estimate of drug-likeness (QED) is 0.318. The summed E-state index contributed by atoms with van der Waals surface area (Å²) in [7, 11) is 5.07. The number of hydrogen-bond donors (Lipinski definition) is 0. The van der Waals surface area contributed by atoms with Crippen LogP contribution in [0.5, 0.6) is 0 Å². The Morgan fingerprint density at radius 3 is 2.20 bits per heavy atom. The average molecular weight is 65.9 g/mol. The van der Waals surface area contributed by atoms with Crippen molar-refractivity contribution in [2.24, 2.45) is 0 Å². The summed E-state index contributed by atoms with van der Waals surface area (Å²) in [5.41, 5.74) is 1.03. The first-order valence-corrected chi connectivity index (χ1v) is 1.62. The van der Waals surface area contributed by atoms with Crippen LogP contribution in [0.15, 0.2) is 12.2 Å². The van der Waals surface area contributed by atoms with Gasteiger partial charge in [-0.3, -0.25) is 0 Å². The highest BCUT2D eigenvalue weighted by atomic mass is 13.7. The van der Waals surface area contributed by atoms with Crippen LogP contribution >= 0.6 is 0 Å².